The highest BCUT2D eigenvalue weighted by atomic mass is 35.5. The summed E-state index contributed by atoms with van der Waals surface area (Å²) in [5.41, 5.74) is 3.63. The SMILES string of the molecule is COc1ccc(NS(C)(=O)=O)c(Nc2nc(Nc3cc(C)c(N4CCC(N5CCCC(N(C)C)C5)CC4)cc3Cl)ncc2Cl)c1. The number of hydrogen-bond acceptors (Lipinski definition) is 10. The Labute approximate surface area is 276 Å². The van der Waals surface area contributed by atoms with Gasteiger partial charge in [0, 0.05) is 43.5 Å². The fraction of sp³-hybridized carbons (Fsp3) is 0.484. The molecule has 45 heavy (non-hydrogen) atoms. The Morgan fingerprint density at radius 3 is 2.42 bits per heavy atom. The lowest BCUT2D eigenvalue weighted by Crippen LogP contribution is -2.52. The van der Waals surface area contributed by atoms with Gasteiger partial charge in [0.2, 0.25) is 16.0 Å². The molecule has 0 aliphatic carbocycles. The molecule has 3 heterocycles. The van der Waals surface area contributed by atoms with Crippen molar-refractivity contribution in [2.24, 2.45) is 0 Å². The molecule has 2 aliphatic heterocycles. The van der Waals surface area contributed by atoms with Crippen molar-refractivity contribution in [3.8, 4) is 5.75 Å². The van der Waals surface area contributed by atoms with Crippen LogP contribution in [0, 0.1) is 6.92 Å². The summed E-state index contributed by atoms with van der Waals surface area (Å²) >= 11 is 13.2. The Morgan fingerprint density at radius 2 is 1.73 bits per heavy atom. The zero-order chi connectivity index (χ0) is 32.3. The van der Waals surface area contributed by atoms with Gasteiger partial charge in [0.15, 0.2) is 5.82 Å². The van der Waals surface area contributed by atoms with Gasteiger partial charge in [-0.05, 0) is 83.1 Å². The molecule has 2 fully saturated rings. The molecule has 244 valence electrons. The molecule has 0 amide bonds. The molecule has 1 unspecified atom stereocenters. The summed E-state index contributed by atoms with van der Waals surface area (Å²) in [5, 5.41) is 7.12. The lowest BCUT2D eigenvalue weighted by molar-refractivity contribution is 0.0846. The molecule has 0 bridgehead atoms. The molecule has 0 radical (unpaired) electrons. The van der Waals surface area contributed by atoms with Crippen LogP contribution in [0.4, 0.5) is 34.5 Å². The average molecular weight is 678 g/mol. The molecule has 0 saturated carbocycles. The Balaban J connectivity index is 1.28. The number of anilines is 6. The molecule has 1 aromatic heterocycles. The van der Waals surface area contributed by atoms with Crippen LogP contribution in [0.3, 0.4) is 0 Å². The molecular weight excluding hydrogens is 635 g/mol. The lowest BCUT2D eigenvalue weighted by Gasteiger charge is -2.44. The van der Waals surface area contributed by atoms with Gasteiger partial charge in [0.05, 0.1) is 41.6 Å². The number of aromatic nitrogens is 2. The molecule has 14 heteroatoms. The number of piperidine rings is 2. The molecule has 5 rings (SSSR count). The van der Waals surface area contributed by atoms with E-state index in [1.54, 1.807) is 18.2 Å². The van der Waals surface area contributed by atoms with Crippen molar-refractivity contribution in [3.63, 3.8) is 0 Å². The fourth-order valence-corrected chi connectivity index (χ4v) is 7.04. The highest BCUT2D eigenvalue weighted by Crippen LogP contribution is 2.36. The molecule has 2 aromatic carbocycles. The number of aryl methyl sites for hydroxylation is 1. The van der Waals surface area contributed by atoms with Crippen LogP contribution >= 0.6 is 23.2 Å². The van der Waals surface area contributed by atoms with Gasteiger partial charge >= 0.3 is 0 Å². The van der Waals surface area contributed by atoms with Gasteiger partial charge in [-0.25, -0.2) is 13.4 Å². The smallest absolute Gasteiger partial charge is 0.229 e. The van der Waals surface area contributed by atoms with Gasteiger partial charge < -0.3 is 25.2 Å². The summed E-state index contributed by atoms with van der Waals surface area (Å²) in [6.07, 6.45) is 7.37. The van der Waals surface area contributed by atoms with E-state index in [4.69, 9.17) is 27.9 Å². The lowest BCUT2D eigenvalue weighted by atomic mass is 9.97. The molecule has 1 atom stereocenters. The third-order valence-corrected chi connectivity index (χ3v) is 9.71. The number of nitrogens with one attached hydrogen (secondary N) is 3. The maximum atomic E-state index is 11.9. The van der Waals surface area contributed by atoms with Crippen LogP contribution in [0.1, 0.15) is 31.2 Å². The van der Waals surface area contributed by atoms with Gasteiger partial charge in [-0.3, -0.25) is 9.62 Å². The molecular formula is C31H42Cl2N8O3S. The first-order valence-corrected chi connectivity index (χ1v) is 17.7. The van der Waals surface area contributed by atoms with E-state index in [9.17, 15) is 8.42 Å². The zero-order valence-electron chi connectivity index (χ0n) is 26.4. The molecule has 2 aliphatic rings. The van der Waals surface area contributed by atoms with Crippen LogP contribution < -0.4 is 25.0 Å². The number of halogens is 2. The first-order valence-electron chi connectivity index (χ1n) is 15.1. The number of methoxy groups -OCH3 is 1. The topological polar surface area (TPSA) is 115 Å². The number of likely N-dealkylation sites (N-methyl/N-ethyl adjacent to an activating group) is 1. The van der Waals surface area contributed by atoms with Crippen LogP contribution in [0.2, 0.25) is 10.0 Å². The third kappa shape index (κ3) is 8.42. The van der Waals surface area contributed by atoms with Crippen LogP contribution in [0.15, 0.2) is 36.5 Å². The largest absolute Gasteiger partial charge is 0.497 e. The Bertz CT molecular complexity index is 1620. The maximum absolute atomic E-state index is 11.9. The molecule has 2 saturated heterocycles. The second-order valence-corrected chi connectivity index (χ2v) is 14.6. The summed E-state index contributed by atoms with van der Waals surface area (Å²) in [6.45, 7) is 6.43. The Hall–Kier alpha value is -3.03. The molecule has 0 spiro atoms. The van der Waals surface area contributed by atoms with E-state index in [1.807, 2.05) is 12.1 Å². The Morgan fingerprint density at radius 1 is 0.978 bits per heavy atom. The van der Waals surface area contributed by atoms with E-state index in [0.29, 0.717) is 39.9 Å². The van der Waals surface area contributed by atoms with Gasteiger partial charge in [0.25, 0.3) is 0 Å². The third-order valence-electron chi connectivity index (χ3n) is 8.53. The van der Waals surface area contributed by atoms with Crippen molar-refractivity contribution in [2.75, 3.05) is 73.9 Å². The van der Waals surface area contributed by atoms with Gasteiger partial charge in [-0.15, -0.1) is 0 Å². The minimum Gasteiger partial charge on any atom is -0.497 e. The van der Waals surface area contributed by atoms with Crippen LogP contribution in [-0.4, -0.2) is 93.9 Å². The number of benzene rings is 2. The predicted octanol–water partition coefficient (Wildman–Crippen LogP) is 5.95. The van der Waals surface area contributed by atoms with Crippen molar-refractivity contribution in [1.29, 1.82) is 0 Å². The quantitative estimate of drug-likeness (QED) is 0.238. The predicted molar refractivity (Wildman–Crippen MR) is 185 cm³/mol. The van der Waals surface area contributed by atoms with Crippen LogP contribution in [-0.2, 0) is 10.0 Å². The summed E-state index contributed by atoms with van der Waals surface area (Å²) in [4.78, 5) is 16.4. The van der Waals surface area contributed by atoms with E-state index in [-0.39, 0.29) is 16.8 Å². The fourth-order valence-electron chi connectivity index (χ4n) is 6.12. The highest BCUT2D eigenvalue weighted by Gasteiger charge is 2.30. The second-order valence-electron chi connectivity index (χ2n) is 12.0. The molecule has 3 N–H and O–H groups in total. The number of rotatable bonds is 10. The highest BCUT2D eigenvalue weighted by molar-refractivity contribution is 7.92. The van der Waals surface area contributed by atoms with Crippen molar-refractivity contribution in [2.45, 2.75) is 44.7 Å². The average Bonchev–Trinajstić information content (AvgIpc) is 3.00. The summed E-state index contributed by atoms with van der Waals surface area (Å²) < 4.78 is 31.7. The summed E-state index contributed by atoms with van der Waals surface area (Å²) in [7, 11) is 2.37. The van der Waals surface area contributed by atoms with Gasteiger partial charge in [-0.1, -0.05) is 23.2 Å². The van der Waals surface area contributed by atoms with E-state index >= 15 is 0 Å². The Kier molecular flexibility index (Phi) is 10.5. The van der Waals surface area contributed by atoms with Crippen molar-refractivity contribution in [3.05, 3.63) is 52.1 Å². The number of hydrogen-bond donors (Lipinski definition) is 3. The first kappa shape index (κ1) is 33.3. The van der Waals surface area contributed by atoms with Crippen molar-refractivity contribution < 1.29 is 13.2 Å². The van der Waals surface area contributed by atoms with Crippen molar-refractivity contribution in [1.82, 2.24) is 19.8 Å². The molecule has 3 aromatic rings. The maximum Gasteiger partial charge on any atom is 0.229 e. The summed E-state index contributed by atoms with van der Waals surface area (Å²) in [5.74, 6) is 1.07. The monoisotopic (exact) mass is 676 g/mol. The number of ether oxygens (including phenoxy) is 1. The van der Waals surface area contributed by atoms with E-state index in [0.717, 1.165) is 50.0 Å². The minimum absolute atomic E-state index is 0.247. The minimum atomic E-state index is -3.54. The summed E-state index contributed by atoms with van der Waals surface area (Å²) in [6, 6.07) is 10.2. The van der Waals surface area contributed by atoms with E-state index in [2.05, 4.69) is 61.0 Å². The van der Waals surface area contributed by atoms with Gasteiger partial charge in [-0.2, -0.15) is 4.98 Å². The van der Waals surface area contributed by atoms with E-state index < -0.39 is 10.0 Å². The molecule has 11 nitrogen and oxygen atoms in total. The van der Waals surface area contributed by atoms with E-state index in [1.165, 1.54) is 32.7 Å². The standard InChI is InChI=1S/C31H42Cl2N8O3S/c1-20-15-27(24(32)17-29(20)40-13-10-21(11-14-40)41-12-6-7-22(19-41)39(2)3)36-31-34-18-25(33)30(37-31)35-28-16-23(44-4)8-9-26(28)38-45(5,42)43/h8-9,15-18,21-22,38H,6-7,10-14,19H2,1-5H3,(H2,34,35,36,37). The zero-order valence-corrected chi connectivity index (χ0v) is 28.7. The normalized spacial score (nSPS) is 18.2. The number of sulfonamides is 1. The number of likely N-dealkylation sites (tertiary alicyclic amines) is 1. The first-order chi connectivity index (χ1) is 21.4. The van der Waals surface area contributed by atoms with Crippen LogP contribution in [0.5, 0.6) is 5.75 Å². The van der Waals surface area contributed by atoms with Crippen LogP contribution in [0.25, 0.3) is 0 Å². The van der Waals surface area contributed by atoms with Crippen molar-refractivity contribution >= 4 is 67.7 Å². The number of nitrogens with zero attached hydrogens (tertiary/aromatic N) is 5. The van der Waals surface area contributed by atoms with Gasteiger partial charge in [0.1, 0.15) is 10.8 Å². The second kappa shape index (κ2) is 14.2.